The molecule has 1 N–H and O–H groups in total. The highest BCUT2D eigenvalue weighted by molar-refractivity contribution is 5.27. The second-order valence-electron chi connectivity index (χ2n) is 7.10. The Morgan fingerprint density at radius 3 is 2.38 bits per heavy atom. The topological polar surface area (TPSA) is 28.4 Å². The molecule has 2 heterocycles. The van der Waals surface area contributed by atoms with E-state index in [1.54, 1.807) is 12.1 Å². The van der Waals surface area contributed by atoms with Crippen LogP contribution in [0.4, 0.5) is 4.39 Å². The maximum atomic E-state index is 14.6. The number of likely N-dealkylation sites (tertiary alicyclic amines) is 1. The number of halogens is 1. The van der Waals surface area contributed by atoms with Crippen molar-refractivity contribution in [3.8, 4) is 0 Å². The fourth-order valence-electron chi connectivity index (χ4n) is 4.04. The maximum Gasteiger partial charge on any atom is 0.128 e. The highest BCUT2D eigenvalue weighted by Crippen LogP contribution is 2.38. The zero-order chi connectivity index (χ0) is 18.0. The molecule has 1 fully saturated rings. The van der Waals surface area contributed by atoms with Crippen LogP contribution in [-0.2, 0) is 6.54 Å². The molecule has 0 amide bonds. The fourth-order valence-corrected chi connectivity index (χ4v) is 4.04. The molecule has 2 atom stereocenters. The normalized spacial score (nSPS) is 21.8. The SMILES string of the molecule is OC1(C(c2ccccc2F)n2cccc2)CCN(Cc2ccccc2)C1. The second kappa shape index (κ2) is 7.06. The lowest BCUT2D eigenvalue weighted by Gasteiger charge is -2.34. The summed E-state index contributed by atoms with van der Waals surface area (Å²) in [5.41, 5.74) is 0.739. The number of rotatable bonds is 5. The first kappa shape index (κ1) is 17.0. The molecule has 0 spiro atoms. The summed E-state index contributed by atoms with van der Waals surface area (Å²) < 4.78 is 16.5. The average Bonchev–Trinajstić information content (AvgIpc) is 3.29. The van der Waals surface area contributed by atoms with Crippen LogP contribution in [0.2, 0.25) is 0 Å². The van der Waals surface area contributed by atoms with E-state index in [0.29, 0.717) is 18.5 Å². The highest BCUT2D eigenvalue weighted by atomic mass is 19.1. The first-order valence-electron chi connectivity index (χ1n) is 9.01. The second-order valence-corrected chi connectivity index (χ2v) is 7.10. The van der Waals surface area contributed by atoms with Crippen LogP contribution < -0.4 is 0 Å². The van der Waals surface area contributed by atoms with E-state index in [1.807, 2.05) is 53.4 Å². The van der Waals surface area contributed by atoms with Crippen molar-refractivity contribution in [3.63, 3.8) is 0 Å². The van der Waals surface area contributed by atoms with Crippen LogP contribution in [0.25, 0.3) is 0 Å². The van der Waals surface area contributed by atoms with Gasteiger partial charge in [-0.05, 0) is 30.2 Å². The number of hydrogen-bond donors (Lipinski definition) is 1. The molecule has 0 aliphatic carbocycles. The van der Waals surface area contributed by atoms with Crippen molar-refractivity contribution in [3.05, 3.63) is 96.1 Å². The van der Waals surface area contributed by atoms with Gasteiger partial charge in [-0.1, -0.05) is 48.5 Å². The third kappa shape index (κ3) is 3.30. The van der Waals surface area contributed by atoms with Crippen LogP contribution >= 0.6 is 0 Å². The van der Waals surface area contributed by atoms with E-state index in [0.717, 1.165) is 13.1 Å². The molecule has 1 saturated heterocycles. The summed E-state index contributed by atoms with van der Waals surface area (Å²) in [6.07, 6.45) is 4.40. The van der Waals surface area contributed by atoms with Crippen molar-refractivity contribution in [2.24, 2.45) is 0 Å². The molecular formula is C22H23FN2O. The van der Waals surface area contributed by atoms with Gasteiger partial charge >= 0.3 is 0 Å². The first-order chi connectivity index (χ1) is 12.7. The van der Waals surface area contributed by atoms with Gasteiger partial charge in [-0.3, -0.25) is 4.90 Å². The van der Waals surface area contributed by atoms with Crippen molar-refractivity contribution in [1.82, 2.24) is 9.47 Å². The molecule has 0 radical (unpaired) electrons. The van der Waals surface area contributed by atoms with Crippen LogP contribution in [0, 0.1) is 5.82 Å². The zero-order valence-electron chi connectivity index (χ0n) is 14.6. The van der Waals surface area contributed by atoms with Crippen molar-refractivity contribution in [1.29, 1.82) is 0 Å². The standard InChI is InChI=1S/C22H23FN2O/c23-20-11-5-4-10-19(20)21(25-13-6-7-14-25)22(26)12-15-24(17-22)16-18-8-2-1-3-9-18/h1-11,13-14,21,26H,12,15-17H2. The largest absolute Gasteiger partial charge is 0.386 e. The predicted molar refractivity (Wildman–Crippen MR) is 100 cm³/mol. The van der Waals surface area contributed by atoms with Gasteiger partial charge in [-0.15, -0.1) is 0 Å². The van der Waals surface area contributed by atoms with Crippen LogP contribution in [0.1, 0.15) is 23.6 Å². The summed E-state index contributed by atoms with van der Waals surface area (Å²) >= 11 is 0. The molecule has 134 valence electrons. The molecule has 0 bridgehead atoms. The van der Waals surface area contributed by atoms with Gasteiger partial charge in [0, 0.05) is 37.6 Å². The molecule has 3 aromatic rings. The Morgan fingerprint density at radius 2 is 1.65 bits per heavy atom. The molecule has 1 aliphatic rings. The third-order valence-electron chi connectivity index (χ3n) is 5.24. The number of aliphatic hydroxyl groups is 1. The molecule has 3 nitrogen and oxygen atoms in total. The molecule has 2 unspecified atom stereocenters. The number of β-amino-alcohol motifs (C(OH)–C–C–N with tert-alkyl or cyclic N) is 1. The molecule has 4 rings (SSSR count). The predicted octanol–water partition coefficient (Wildman–Crippen LogP) is 3.85. The molecule has 0 saturated carbocycles. The summed E-state index contributed by atoms with van der Waals surface area (Å²) in [6.45, 7) is 2.09. The molecule has 1 aliphatic heterocycles. The van der Waals surface area contributed by atoms with E-state index < -0.39 is 11.6 Å². The van der Waals surface area contributed by atoms with Gasteiger partial charge in [0.2, 0.25) is 0 Å². The number of hydrogen-bond acceptors (Lipinski definition) is 2. The average molecular weight is 350 g/mol. The Balaban J connectivity index is 1.63. The number of nitrogens with zero attached hydrogens (tertiary/aromatic N) is 2. The van der Waals surface area contributed by atoms with Crippen molar-refractivity contribution >= 4 is 0 Å². The number of aromatic nitrogens is 1. The quantitative estimate of drug-likeness (QED) is 0.757. The van der Waals surface area contributed by atoms with Gasteiger partial charge in [-0.25, -0.2) is 4.39 Å². The van der Waals surface area contributed by atoms with E-state index in [-0.39, 0.29) is 5.82 Å². The van der Waals surface area contributed by atoms with E-state index in [9.17, 15) is 9.50 Å². The summed E-state index contributed by atoms with van der Waals surface area (Å²) in [7, 11) is 0. The van der Waals surface area contributed by atoms with Gasteiger partial charge < -0.3 is 9.67 Å². The molecule has 26 heavy (non-hydrogen) atoms. The Bertz CT molecular complexity index is 850. The van der Waals surface area contributed by atoms with E-state index in [1.165, 1.54) is 11.6 Å². The molecular weight excluding hydrogens is 327 g/mol. The zero-order valence-corrected chi connectivity index (χ0v) is 14.6. The Morgan fingerprint density at radius 1 is 0.962 bits per heavy atom. The van der Waals surface area contributed by atoms with Crippen molar-refractivity contribution in [2.75, 3.05) is 13.1 Å². The van der Waals surface area contributed by atoms with Crippen LogP contribution in [-0.4, -0.2) is 33.3 Å². The molecule has 2 aromatic carbocycles. The monoisotopic (exact) mass is 350 g/mol. The van der Waals surface area contributed by atoms with Crippen LogP contribution in [0.5, 0.6) is 0 Å². The molecule has 1 aromatic heterocycles. The van der Waals surface area contributed by atoms with Crippen molar-refractivity contribution in [2.45, 2.75) is 24.6 Å². The lowest BCUT2D eigenvalue weighted by Crippen LogP contribution is -2.42. The highest BCUT2D eigenvalue weighted by Gasteiger charge is 2.45. The van der Waals surface area contributed by atoms with Crippen LogP contribution in [0.15, 0.2) is 79.1 Å². The Labute approximate surface area is 153 Å². The van der Waals surface area contributed by atoms with Crippen LogP contribution in [0.3, 0.4) is 0 Å². The number of benzene rings is 2. The summed E-state index contributed by atoms with van der Waals surface area (Å²) in [4.78, 5) is 2.24. The Hall–Kier alpha value is -2.43. The van der Waals surface area contributed by atoms with E-state index in [4.69, 9.17) is 0 Å². The fraction of sp³-hybridized carbons (Fsp3) is 0.273. The first-order valence-corrected chi connectivity index (χ1v) is 9.01. The maximum absolute atomic E-state index is 14.6. The third-order valence-corrected chi connectivity index (χ3v) is 5.24. The summed E-state index contributed by atoms with van der Waals surface area (Å²) in [5.74, 6) is -0.277. The minimum absolute atomic E-state index is 0.277. The summed E-state index contributed by atoms with van der Waals surface area (Å²) in [5, 5.41) is 11.5. The van der Waals surface area contributed by atoms with E-state index in [2.05, 4.69) is 17.0 Å². The van der Waals surface area contributed by atoms with E-state index >= 15 is 0 Å². The summed E-state index contributed by atoms with van der Waals surface area (Å²) in [6, 6.07) is 20.4. The smallest absolute Gasteiger partial charge is 0.128 e. The van der Waals surface area contributed by atoms with Crippen molar-refractivity contribution < 1.29 is 9.50 Å². The lowest BCUT2D eigenvalue weighted by molar-refractivity contribution is 0.00960. The van der Waals surface area contributed by atoms with Gasteiger partial charge in [0.15, 0.2) is 0 Å². The minimum Gasteiger partial charge on any atom is -0.386 e. The minimum atomic E-state index is -1.02. The van der Waals surface area contributed by atoms with Gasteiger partial charge in [0.1, 0.15) is 11.4 Å². The Kier molecular flexibility index (Phi) is 4.62. The van der Waals surface area contributed by atoms with Gasteiger partial charge in [0.05, 0.1) is 6.04 Å². The lowest BCUT2D eigenvalue weighted by atomic mass is 9.87. The van der Waals surface area contributed by atoms with Gasteiger partial charge in [0.25, 0.3) is 0 Å². The van der Waals surface area contributed by atoms with Gasteiger partial charge in [-0.2, -0.15) is 0 Å². The molecule has 4 heteroatoms.